The molecule has 0 fully saturated rings. The predicted molar refractivity (Wildman–Crippen MR) is 210 cm³/mol. The van der Waals surface area contributed by atoms with E-state index in [0.717, 1.165) is 55.9 Å². The Hall–Kier alpha value is -6.84. The summed E-state index contributed by atoms with van der Waals surface area (Å²) in [6, 6.07) is 64.4. The van der Waals surface area contributed by atoms with Gasteiger partial charge in [-0.25, -0.2) is 9.97 Å². The van der Waals surface area contributed by atoms with Crippen molar-refractivity contribution in [3.63, 3.8) is 0 Å². The molecular weight excluding hydrogens is 633 g/mol. The molecule has 0 saturated heterocycles. The first kappa shape index (κ1) is 28.9. The Morgan fingerprint density at radius 3 is 1.73 bits per heavy atom. The number of hydrogen-bond donors (Lipinski definition) is 0. The van der Waals surface area contributed by atoms with Gasteiger partial charge in [0, 0.05) is 27.6 Å². The molecule has 0 radical (unpaired) electrons. The van der Waals surface area contributed by atoms with E-state index in [4.69, 9.17) is 14.4 Å². The second-order valence-corrected chi connectivity index (χ2v) is 13.6. The van der Waals surface area contributed by atoms with Crippen molar-refractivity contribution >= 4 is 11.0 Å². The number of aromatic nitrogens is 2. The van der Waals surface area contributed by atoms with Crippen molar-refractivity contribution in [2.75, 3.05) is 0 Å². The van der Waals surface area contributed by atoms with Crippen LogP contribution in [0, 0.1) is 0 Å². The van der Waals surface area contributed by atoms with Gasteiger partial charge in [-0.1, -0.05) is 164 Å². The average Bonchev–Trinajstić information content (AvgIpc) is 3.85. The summed E-state index contributed by atoms with van der Waals surface area (Å²) in [4.78, 5) is 10.6. The number of nitrogens with zero attached hydrogens (tertiary/aromatic N) is 2. The highest BCUT2D eigenvalue weighted by molar-refractivity contribution is 6.06. The molecule has 3 nitrogen and oxygen atoms in total. The van der Waals surface area contributed by atoms with Gasteiger partial charge in [0.1, 0.15) is 16.8 Å². The molecule has 2 aliphatic rings. The molecule has 0 aliphatic heterocycles. The molecule has 1 spiro atoms. The number of benzene rings is 7. The van der Waals surface area contributed by atoms with Crippen molar-refractivity contribution in [1.29, 1.82) is 0 Å². The maximum absolute atomic E-state index is 7.04. The summed E-state index contributed by atoms with van der Waals surface area (Å²) in [5.41, 5.74) is 15.9. The zero-order valence-electron chi connectivity index (χ0n) is 28.1. The summed E-state index contributed by atoms with van der Waals surface area (Å²) in [6.07, 6.45) is 0. The van der Waals surface area contributed by atoms with Crippen LogP contribution in [0.4, 0.5) is 0 Å². The summed E-state index contributed by atoms with van der Waals surface area (Å²) in [5.74, 6) is 1.67. The average molecular weight is 663 g/mol. The molecule has 9 aromatic rings. The summed E-state index contributed by atoms with van der Waals surface area (Å²) in [5, 5.41) is 1.13. The van der Waals surface area contributed by atoms with E-state index in [0.29, 0.717) is 5.82 Å². The molecule has 242 valence electrons. The van der Waals surface area contributed by atoms with E-state index in [1.54, 1.807) is 0 Å². The quantitative estimate of drug-likeness (QED) is 0.188. The fraction of sp³-hybridized carbons (Fsp3) is 0.0204. The van der Waals surface area contributed by atoms with Crippen LogP contribution in [0.25, 0.3) is 78.3 Å². The first-order valence-corrected chi connectivity index (χ1v) is 17.7. The molecule has 0 amide bonds. The smallest absolute Gasteiger partial charge is 0.160 e. The van der Waals surface area contributed by atoms with Crippen LogP contribution in [0.2, 0.25) is 0 Å². The van der Waals surface area contributed by atoms with E-state index in [2.05, 4.69) is 164 Å². The summed E-state index contributed by atoms with van der Waals surface area (Å²) < 4.78 is 7.04. The molecule has 11 rings (SSSR count). The zero-order chi connectivity index (χ0) is 34.2. The van der Waals surface area contributed by atoms with Crippen LogP contribution in [0.1, 0.15) is 22.5 Å². The van der Waals surface area contributed by atoms with E-state index in [1.807, 2.05) is 18.2 Å². The van der Waals surface area contributed by atoms with E-state index < -0.39 is 5.41 Å². The highest BCUT2D eigenvalue weighted by atomic mass is 16.3. The van der Waals surface area contributed by atoms with Crippen LogP contribution in [0.5, 0.6) is 0 Å². The Kier molecular flexibility index (Phi) is 6.17. The molecular formula is C49H30N2O. The van der Waals surface area contributed by atoms with Crippen LogP contribution in [0.3, 0.4) is 0 Å². The molecule has 7 aromatic carbocycles. The second kappa shape index (κ2) is 11.1. The van der Waals surface area contributed by atoms with Gasteiger partial charge in [0.15, 0.2) is 5.82 Å². The number of para-hydroxylation sites is 1. The van der Waals surface area contributed by atoms with E-state index in [9.17, 15) is 0 Å². The number of rotatable bonds is 4. The van der Waals surface area contributed by atoms with Gasteiger partial charge in [-0.05, 0) is 62.7 Å². The Balaban J connectivity index is 1.23. The van der Waals surface area contributed by atoms with Gasteiger partial charge in [-0.3, -0.25) is 0 Å². The van der Waals surface area contributed by atoms with Gasteiger partial charge in [0.2, 0.25) is 0 Å². The molecule has 2 aromatic heterocycles. The largest absolute Gasteiger partial charge is 0.459 e. The number of furan rings is 1. The van der Waals surface area contributed by atoms with E-state index >= 15 is 0 Å². The third-order valence-corrected chi connectivity index (χ3v) is 10.9. The minimum Gasteiger partial charge on any atom is -0.459 e. The van der Waals surface area contributed by atoms with E-state index in [1.165, 1.54) is 38.9 Å². The Labute approximate surface area is 301 Å². The first-order valence-electron chi connectivity index (χ1n) is 17.7. The molecule has 0 bridgehead atoms. The van der Waals surface area contributed by atoms with Crippen molar-refractivity contribution < 1.29 is 4.42 Å². The second-order valence-electron chi connectivity index (χ2n) is 13.6. The minimum absolute atomic E-state index is 0.668. The number of hydrogen-bond acceptors (Lipinski definition) is 3. The molecule has 0 saturated carbocycles. The third-order valence-electron chi connectivity index (χ3n) is 10.9. The van der Waals surface area contributed by atoms with Crippen LogP contribution in [-0.4, -0.2) is 9.97 Å². The zero-order valence-corrected chi connectivity index (χ0v) is 28.1. The SMILES string of the molecule is c1ccc(-c2cccc(-c3cc(-c4cccc5c4C4(c6ccccc6-c6ccccc64)c4oc6ccccc6c4-5)nc(-c4ccccc4)n3)c2)cc1. The van der Waals surface area contributed by atoms with Crippen molar-refractivity contribution in [2.24, 2.45) is 0 Å². The standard InChI is InChI=1S/C49H30N2O/c1-3-15-31(16-4-1)33-19-13-20-34(29-33)42-30-43(51-48(50-42)32-17-5-2-6-18-32)37-24-14-25-39-45-38-23-9-12-28-44(38)52-47(45)49(46(37)39)40-26-10-7-21-35(40)36-22-8-11-27-41(36)49/h1-30H. The van der Waals surface area contributed by atoms with Crippen LogP contribution in [0.15, 0.2) is 186 Å². The predicted octanol–water partition coefficient (Wildman–Crippen LogP) is 12.2. The third kappa shape index (κ3) is 4.02. The number of fused-ring (bicyclic) bond motifs is 12. The normalized spacial score (nSPS) is 13.2. The molecule has 0 atom stereocenters. The van der Waals surface area contributed by atoms with Crippen LogP contribution in [-0.2, 0) is 5.41 Å². The fourth-order valence-electron chi connectivity index (χ4n) is 8.76. The van der Waals surface area contributed by atoms with Crippen molar-refractivity contribution in [1.82, 2.24) is 9.97 Å². The lowest BCUT2D eigenvalue weighted by Gasteiger charge is -2.30. The Bertz CT molecular complexity index is 2810. The molecule has 2 aliphatic carbocycles. The summed E-state index contributed by atoms with van der Waals surface area (Å²) in [6.45, 7) is 0. The molecule has 0 unspecified atom stereocenters. The molecule has 52 heavy (non-hydrogen) atoms. The van der Waals surface area contributed by atoms with Gasteiger partial charge in [0.25, 0.3) is 0 Å². The van der Waals surface area contributed by atoms with Gasteiger partial charge in [-0.2, -0.15) is 0 Å². The van der Waals surface area contributed by atoms with E-state index in [-0.39, 0.29) is 0 Å². The lowest BCUT2D eigenvalue weighted by atomic mass is 9.71. The molecule has 3 heteroatoms. The highest BCUT2D eigenvalue weighted by Gasteiger charge is 2.56. The van der Waals surface area contributed by atoms with Crippen molar-refractivity contribution in [3.8, 4) is 67.3 Å². The van der Waals surface area contributed by atoms with Gasteiger partial charge < -0.3 is 4.42 Å². The summed E-state index contributed by atoms with van der Waals surface area (Å²) in [7, 11) is 0. The molecule has 2 heterocycles. The van der Waals surface area contributed by atoms with Crippen LogP contribution < -0.4 is 0 Å². The summed E-state index contributed by atoms with van der Waals surface area (Å²) >= 11 is 0. The maximum Gasteiger partial charge on any atom is 0.160 e. The van der Waals surface area contributed by atoms with Crippen molar-refractivity contribution in [2.45, 2.75) is 5.41 Å². The first-order chi connectivity index (χ1) is 25.8. The topological polar surface area (TPSA) is 38.9 Å². The Morgan fingerprint density at radius 1 is 0.404 bits per heavy atom. The fourth-order valence-corrected chi connectivity index (χ4v) is 8.76. The van der Waals surface area contributed by atoms with Crippen molar-refractivity contribution in [3.05, 3.63) is 204 Å². The Morgan fingerprint density at radius 2 is 0.962 bits per heavy atom. The maximum atomic E-state index is 7.04. The molecule has 0 N–H and O–H groups in total. The highest BCUT2D eigenvalue weighted by Crippen LogP contribution is 2.66. The lowest BCUT2D eigenvalue weighted by molar-refractivity contribution is 0.507. The monoisotopic (exact) mass is 662 g/mol. The lowest BCUT2D eigenvalue weighted by Crippen LogP contribution is -2.26. The minimum atomic E-state index is -0.668. The van der Waals surface area contributed by atoms with Crippen LogP contribution >= 0.6 is 0 Å². The van der Waals surface area contributed by atoms with Gasteiger partial charge >= 0.3 is 0 Å². The van der Waals surface area contributed by atoms with Gasteiger partial charge in [-0.15, -0.1) is 0 Å². The van der Waals surface area contributed by atoms with Gasteiger partial charge in [0.05, 0.1) is 11.4 Å².